The van der Waals surface area contributed by atoms with Crippen molar-refractivity contribution in [2.75, 3.05) is 79.7 Å². The summed E-state index contributed by atoms with van der Waals surface area (Å²) in [4.78, 5) is 108. The number of carbonyl (C=O) groups is 5. The first kappa shape index (κ1) is 110. The van der Waals surface area contributed by atoms with Crippen molar-refractivity contribution in [1.29, 1.82) is 0 Å². The summed E-state index contributed by atoms with van der Waals surface area (Å²) < 4.78 is 47.4. The Morgan fingerprint density at radius 2 is 0.838 bits per heavy atom. The van der Waals surface area contributed by atoms with E-state index in [0.29, 0.717) is 25.1 Å². The Morgan fingerprint density at radius 1 is 0.471 bits per heavy atom. The number of benzene rings is 7. The second-order valence-corrected chi connectivity index (χ2v) is 37.5. The largest absolute Gasteiger partial charge is 1.00 e. The number of aliphatic hydroxyl groups is 1. The molecule has 8 N–H and O–H groups in total. The molecule has 4 aromatic heterocycles. The smallest absolute Gasteiger partial charge is 0.329 e. The molecule has 738 valence electrons. The summed E-state index contributed by atoms with van der Waals surface area (Å²) in [5.74, 6) is -1.95. The predicted molar refractivity (Wildman–Crippen MR) is 529 cm³/mol. The molecule has 30 nitrogen and oxygen atoms in total. The molecule has 0 atom stereocenters. The van der Waals surface area contributed by atoms with Crippen LogP contribution in [-0.4, -0.2) is 157 Å². The summed E-state index contributed by atoms with van der Waals surface area (Å²) in [7, 11) is 17.9. The molecule has 0 saturated heterocycles. The lowest BCUT2D eigenvalue weighted by Crippen LogP contribution is -3.00. The van der Waals surface area contributed by atoms with E-state index >= 15 is 0 Å². The molecule has 5 aliphatic rings. The monoisotopic (exact) mass is 1990 g/mol. The number of rotatable bonds is 22. The van der Waals surface area contributed by atoms with Crippen LogP contribution in [0.15, 0.2) is 180 Å². The molecule has 0 bridgehead atoms. The molecule has 5 fully saturated rings. The maximum Gasteiger partial charge on any atom is 0.329 e. The van der Waals surface area contributed by atoms with Crippen LogP contribution in [0.4, 0.5) is 32.8 Å². The second kappa shape index (κ2) is 51.4. The van der Waals surface area contributed by atoms with Crippen molar-refractivity contribution in [3.63, 3.8) is 0 Å². The number of fused-ring (bicyclic) bond motifs is 4. The lowest BCUT2D eigenvalue weighted by molar-refractivity contribution is -0.883. The normalized spacial score (nSPS) is 15.9. The zero-order chi connectivity index (χ0) is 98.3. The number of aryl methyl sites for hydroxylation is 4. The quantitative estimate of drug-likeness (QED) is 0.00698. The molecule has 0 amide bonds. The Bertz CT molecular complexity index is 5910. The Hall–Kier alpha value is -11.8. The summed E-state index contributed by atoms with van der Waals surface area (Å²) in [6, 6.07) is 47.7. The minimum Gasteiger partial charge on any atom is -1.00 e. The van der Waals surface area contributed by atoms with Crippen molar-refractivity contribution >= 4 is 102 Å². The number of carbonyl (C=O) groups excluding carboxylic acids is 5. The lowest BCUT2D eigenvalue weighted by atomic mass is 9.79. The maximum atomic E-state index is 14.1. The number of aliphatic hydroxyl groups excluding tert-OH is 1. The van der Waals surface area contributed by atoms with Crippen molar-refractivity contribution in [2.45, 2.75) is 254 Å². The van der Waals surface area contributed by atoms with E-state index in [2.05, 4.69) is 120 Å². The van der Waals surface area contributed by atoms with Gasteiger partial charge in [-0.1, -0.05) is 181 Å². The van der Waals surface area contributed by atoms with Crippen LogP contribution in [-0.2, 0) is 85.9 Å². The van der Waals surface area contributed by atoms with E-state index in [0.717, 1.165) is 215 Å². The van der Waals surface area contributed by atoms with Crippen molar-refractivity contribution in [2.24, 2.45) is 19.8 Å². The molecule has 16 rings (SSSR count). The van der Waals surface area contributed by atoms with Crippen molar-refractivity contribution in [3.05, 3.63) is 239 Å². The van der Waals surface area contributed by atoms with Crippen LogP contribution >= 0.6 is 0 Å². The maximum absolute atomic E-state index is 14.1. The van der Waals surface area contributed by atoms with Gasteiger partial charge in [0.1, 0.15) is 12.2 Å². The van der Waals surface area contributed by atoms with E-state index in [-0.39, 0.29) is 108 Å². The van der Waals surface area contributed by atoms with Gasteiger partial charge in [-0.25, -0.2) is 9.59 Å². The number of esters is 5. The van der Waals surface area contributed by atoms with Gasteiger partial charge in [0.25, 0.3) is 5.69 Å². The Balaban J connectivity index is 0.000000199. The first-order valence-corrected chi connectivity index (χ1v) is 47.1. The number of nitro groups is 2. The lowest BCUT2D eigenvalue weighted by Gasteiger charge is -2.38. The fraction of sp³-hybridized carbons (Fsp3) is 0.490. The van der Waals surface area contributed by atoms with Crippen molar-refractivity contribution in [3.8, 4) is 0 Å². The number of nitrogen functional groups attached to an aromatic ring is 1. The number of imidazole rings is 2. The van der Waals surface area contributed by atoms with Gasteiger partial charge >= 0.3 is 46.9 Å². The predicted octanol–water partition coefficient (Wildman–Crippen LogP) is 16.3. The molecule has 0 aliphatic heterocycles. The van der Waals surface area contributed by atoms with Gasteiger partial charge in [-0.2, -0.15) is 4.39 Å². The number of hydrogen-bond acceptors (Lipinski definition) is 21. The fourth-order valence-electron chi connectivity index (χ4n) is 19.9. The number of H-pyrrole nitrogens is 1. The van der Waals surface area contributed by atoms with Crippen LogP contribution < -0.4 is 57.5 Å². The number of nitro benzene ring substituents is 2. The van der Waals surface area contributed by atoms with Gasteiger partial charge in [0, 0.05) is 89.2 Å². The highest BCUT2D eigenvalue weighted by molar-refractivity contribution is 5.89. The van der Waals surface area contributed by atoms with Gasteiger partial charge in [-0.05, 0) is 162 Å². The summed E-state index contributed by atoms with van der Waals surface area (Å²) in [5.41, 5.74) is 22.7. The molecule has 0 unspecified atom stereocenters. The average molecular weight is 1990 g/mol. The van der Waals surface area contributed by atoms with Crippen LogP contribution in [0.3, 0.4) is 0 Å². The number of nitrogens with zero attached hydrogens (tertiary/aromatic N) is 8. The SMILES string of the molecule is CCO.COC(=O)CC1(N)CCCCC1.COC(=O)CC1(Nc2ccccc2N)CCCCC1.COC(=O)CC1(Nc2ccccc2[N+](=O)[O-])CCCCC1.COC(=O)CC1(n2c(=O)[nH]c3ccccc32)CCCCC1.COC(=O)CC1(n2c(=O)n(Cc3cn(C)c4cccc(C)c34)c3ccccc32)CCCCC1.Cc1cccc2c1c(C[N+](C)(C)C)cn2C.O=[N+]([O-])c1ccccc1F.[I-]. The van der Waals surface area contributed by atoms with Crippen LogP contribution in [0.1, 0.15) is 222 Å². The number of nitrogens with one attached hydrogen (secondary N) is 3. The number of aromatic amines is 1. The highest BCUT2D eigenvalue weighted by atomic mass is 127. The minimum absolute atomic E-state index is 0. The number of nitrogens with two attached hydrogens (primary N) is 2. The minimum atomic E-state index is -0.799. The average Bonchev–Trinajstić information content (AvgIpc) is 1.58. The van der Waals surface area contributed by atoms with E-state index < -0.39 is 38.0 Å². The molecule has 5 aliphatic carbocycles. The van der Waals surface area contributed by atoms with Crippen LogP contribution in [0, 0.1) is 39.9 Å². The highest BCUT2D eigenvalue weighted by Crippen LogP contribution is 2.44. The molecule has 0 radical (unpaired) electrons. The number of ether oxygens (including phenoxy) is 5. The third-order valence-corrected chi connectivity index (χ3v) is 26.4. The van der Waals surface area contributed by atoms with Crippen LogP contribution in [0.2, 0.25) is 0 Å². The number of anilines is 3. The van der Waals surface area contributed by atoms with Gasteiger partial charge in [0.05, 0.1) is 150 Å². The molecule has 11 aromatic rings. The van der Waals surface area contributed by atoms with Crippen molar-refractivity contribution < 1.29 is 95.5 Å². The van der Waals surface area contributed by atoms with E-state index in [1.54, 1.807) is 29.7 Å². The number of halogens is 2. The molecule has 0 spiro atoms. The molecule has 7 aromatic carbocycles. The van der Waals surface area contributed by atoms with Gasteiger partial charge in [0.2, 0.25) is 5.82 Å². The van der Waals surface area contributed by atoms with E-state index in [1.165, 1.54) is 99.6 Å². The van der Waals surface area contributed by atoms with Gasteiger partial charge < -0.3 is 93.5 Å². The summed E-state index contributed by atoms with van der Waals surface area (Å²) in [6.45, 7) is 7.80. The van der Waals surface area contributed by atoms with Crippen molar-refractivity contribution in [1.82, 2.24) is 27.8 Å². The Morgan fingerprint density at radius 3 is 1.29 bits per heavy atom. The van der Waals surface area contributed by atoms with E-state index in [4.69, 9.17) is 35.5 Å². The molecule has 5 saturated carbocycles. The molecule has 32 heteroatoms. The standard InChI is InChI=1S/C27H31N3O3.C16H20N2O3.C15H20N2O4.C15H22N2O2.C14H21N2.C9H17NO2.C6H4FNO2.C2H6O.HI/c1-19-10-9-13-23-25(19)20(17-28(23)2)18-29-21-11-5-6-12-22(21)30(26(29)32)27(16-24(31)33-3)14-7-4-8-15-27;1-21-14(19)11-16(9-5-2-6-10-16)18-13-8-4-3-7-12(13)17-15(18)20;1-21-14(18)11-15(9-5-2-6-10-15)16-12-7-3-4-8-13(12)17(19)20;1-19-14(18)11-15(9-5-2-6-10-15)17-13-8-4-3-7-12(13)16;1-11-7-6-8-13-14(11)12(9-15(13)2)10-16(3,4)5;1-12-8(11)7-9(10)5-3-2-4-6-9;7-5-3-1-2-4-6(5)8(9)10;1-2-3;/h5-6,9-13,17H,4,7-8,14-16,18H2,1-3H3;3-4,7-8H,2,5-6,9-11H2,1H3,(H,17,20);3-4,7-8,16H,2,5-6,9-11H2,1H3;3-4,7-8,17H,2,5-6,9-11,16H2,1H3;6-9H,10H2,1-5H3;2-7,10H2,1H3;1-4H;3H,2H2,1H3;1H/q;;;;+1;;;;/p-1. The third kappa shape index (κ3) is 29.4. The highest BCUT2D eigenvalue weighted by Gasteiger charge is 2.43. The Labute approximate surface area is 813 Å². The fourth-order valence-corrected chi connectivity index (χ4v) is 19.9. The van der Waals surface area contributed by atoms with E-state index in [9.17, 15) is 58.2 Å². The van der Waals surface area contributed by atoms with Gasteiger partial charge in [0.15, 0.2) is 0 Å². The van der Waals surface area contributed by atoms with Gasteiger partial charge in [-0.15, -0.1) is 0 Å². The Kier molecular flexibility index (Phi) is 41.4. The summed E-state index contributed by atoms with van der Waals surface area (Å²) in [6.07, 6.45) is 31.2. The van der Waals surface area contributed by atoms with Crippen LogP contribution in [0.5, 0.6) is 0 Å². The zero-order valence-corrected chi connectivity index (χ0v) is 83.6. The van der Waals surface area contributed by atoms with Gasteiger partial charge in [-0.3, -0.25) is 57.9 Å². The zero-order valence-electron chi connectivity index (χ0n) is 81.5. The first-order valence-electron chi connectivity index (χ1n) is 47.1. The first-order chi connectivity index (χ1) is 64.5. The second-order valence-electron chi connectivity index (χ2n) is 37.5. The molecule has 4 heterocycles. The number of hydrogen-bond donors (Lipinski definition) is 6. The third-order valence-electron chi connectivity index (χ3n) is 26.4. The van der Waals surface area contributed by atoms with Crippen LogP contribution in [0.25, 0.3) is 43.9 Å². The van der Waals surface area contributed by atoms with E-state index in [1.807, 2.05) is 89.0 Å². The summed E-state index contributed by atoms with van der Waals surface area (Å²) in [5, 5.41) is 38.1. The molecule has 136 heavy (non-hydrogen) atoms. The summed E-state index contributed by atoms with van der Waals surface area (Å²) >= 11 is 0. The number of quaternary nitrogens is 1. The molecular weight excluding hydrogens is 1850 g/mol. The molecular formula is C104H141FIN13O17. The number of methoxy groups -OCH3 is 5. The number of aromatic nitrogens is 6. The topological polar surface area (TPSA) is 389 Å². The number of para-hydroxylation sites is 9.